The second kappa shape index (κ2) is 6.06. The first-order chi connectivity index (χ1) is 11.4. The number of hydrogen-bond acceptors (Lipinski definition) is 5. The van der Waals surface area contributed by atoms with E-state index < -0.39 is 24.1 Å². The van der Waals surface area contributed by atoms with Gasteiger partial charge in [0.15, 0.2) is 12.2 Å². The predicted molar refractivity (Wildman–Crippen MR) is 84.9 cm³/mol. The van der Waals surface area contributed by atoms with Crippen molar-refractivity contribution in [2.45, 2.75) is 12.2 Å². The van der Waals surface area contributed by atoms with Crippen LogP contribution in [0, 0.1) is 0 Å². The lowest BCUT2D eigenvalue weighted by Crippen LogP contribution is -2.54. The van der Waals surface area contributed by atoms with Gasteiger partial charge in [0.25, 0.3) is 11.5 Å². The van der Waals surface area contributed by atoms with E-state index in [0.717, 1.165) is 5.39 Å². The number of rotatable bonds is 3. The molecule has 1 aromatic carbocycles. The molecule has 2 heterocycles. The first-order valence-electron chi connectivity index (χ1n) is 7.34. The van der Waals surface area contributed by atoms with E-state index in [2.05, 4.69) is 0 Å². The number of ether oxygens (including phenoxy) is 1. The van der Waals surface area contributed by atoms with Crippen LogP contribution in [0.4, 0.5) is 5.69 Å². The van der Waals surface area contributed by atoms with Crippen molar-refractivity contribution < 1.29 is 24.5 Å². The summed E-state index contributed by atoms with van der Waals surface area (Å²) >= 11 is 0. The summed E-state index contributed by atoms with van der Waals surface area (Å²) in [5, 5.41) is 19.3. The Kier molecular flexibility index (Phi) is 4.08. The van der Waals surface area contributed by atoms with Crippen LogP contribution in [0.15, 0.2) is 35.1 Å². The van der Waals surface area contributed by atoms with Gasteiger partial charge in [-0.1, -0.05) is 6.07 Å². The third kappa shape index (κ3) is 2.66. The third-order valence-electron chi connectivity index (χ3n) is 4.08. The number of benzene rings is 1. The summed E-state index contributed by atoms with van der Waals surface area (Å²) < 4.78 is 6.58. The standard InChI is InChI=1S/C16H16N2O6/c1-17-11-8-10(4-2-9(11)3-5-12(17)19)18-6-7-24-14(15(18)21)13(20)16(22)23/h2-5,8,13-14,20H,6-7H2,1H3,(H,22,23)/t13-,14?/m1/s1. The zero-order valence-corrected chi connectivity index (χ0v) is 12.9. The maximum atomic E-state index is 12.5. The Morgan fingerprint density at radius 1 is 1.29 bits per heavy atom. The van der Waals surface area contributed by atoms with Crippen LogP contribution < -0.4 is 10.5 Å². The van der Waals surface area contributed by atoms with Gasteiger partial charge >= 0.3 is 5.97 Å². The molecule has 0 saturated carbocycles. The quantitative estimate of drug-likeness (QED) is 0.800. The largest absolute Gasteiger partial charge is 0.479 e. The number of carbonyl (C=O) groups excluding carboxylic acids is 1. The van der Waals surface area contributed by atoms with Crippen LogP contribution in [0.3, 0.4) is 0 Å². The summed E-state index contributed by atoms with van der Waals surface area (Å²) in [5.74, 6) is -2.15. The summed E-state index contributed by atoms with van der Waals surface area (Å²) in [4.78, 5) is 36.5. The number of nitrogens with zero attached hydrogens (tertiary/aromatic N) is 2. The first-order valence-corrected chi connectivity index (χ1v) is 7.34. The van der Waals surface area contributed by atoms with E-state index >= 15 is 0 Å². The molecule has 2 aromatic rings. The number of hydrogen-bond donors (Lipinski definition) is 2. The van der Waals surface area contributed by atoms with Gasteiger partial charge in [0.05, 0.1) is 12.1 Å². The van der Waals surface area contributed by atoms with Crippen molar-refractivity contribution in [3.63, 3.8) is 0 Å². The van der Waals surface area contributed by atoms with E-state index in [1.165, 1.54) is 15.5 Å². The number of anilines is 1. The zero-order chi connectivity index (χ0) is 17.4. The van der Waals surface area contributed by atoms with E-state index in [1.807, 2.05) is 0 Å². The highest BCUT2D eigenvalue weighted by Crippen LogP contribution is 2.24. The molecule has 1 aromatic heterocycles. The summed E-state index contributed by atoms with van der Waals surface area (Å²) in [6, 6.07) is 8.32. The number of amides is 1. The Labute approximate surface area is 136 Å². The Morgan fingerprint density at radius 2 is 2.00 bits per heavy atom. The molecule has 1 amide bonds. The van der Waals surface area contributed by atoms with Crippen LogP contribution in [-0.2, 0) is 21.4 Å². The van der Waals surface area contributed by atoms with Crippen molar-refractivity contribution in [2.24, 2.45) is 7.05 Å². The molecule has 1 fully saturated rings. The first kappa shape index (κ1) is 16.2. The highest BCUT2D eigenvalue weighted by molar-refractivity contribution is 6.01. The molecule has 2 N–H and O–H groups in total. The van der Waals surface area contributed by atoms with Gasteiger partial charge in [0.2, 0.25) is 0 Å². The van der Waals surface area contributed by atoms with Crippen molar-refractivity contribution in [3.8, 4) is 0 Å². The number of aryl methyl sites for hydroxylation is 1. The van der Waals surface area contributed by atoms with Gasteiger partial charge in [-0.15, -0.1) is 0 Å². The van der Waals surface area contributed by atoms with E-state index in [1.54, 1.807) is 31.3 Å². The van der Waals surface area contributed by atoms with E-state index in [-0.39, 0.29) is 18.7 Å². The van der Waals surface area contributed by atoms with Gasteiger partial charge in [0.1, 0.15) is 0 Å². The number of pyridine rings is 1. The van der Waals surface area contributed by atoms with Gasteiger partial charge < -0.3 is 24.4 Å². The number of aliphatic hydroxyl groups excluding tert-OH is 1. The van der Waals surface area contributed by atoms with Crippen LogP contribution in [0.25, 0.3) is 10.9 Å². The van der Waals surface area contributed by atoms with Crippen LogP contribution >= 0.6 is 0 Å². The topological polar surface area (TPSA) is 109 Å². The SMILES string of the molecule is Cn1c(=O)ccc2ccc(N3CCOC([C@@H](O)C(=O)O)C3=O)cc21. The third-order valence-corrected chi connectivity index (χ3v) is 4.08. The summed E-state index contributed by atoms with van der Waals surface area (Å²) in [5.41, 5.74) is 0.987. The van der Waals surface area contributed by atoms with E-state index in [0.29, 0.717) is 11.2 Å². The highest BCUT2D eigenvalue weighted by Gasteiger charge is 2.39. The summed E-state index contributed by atoms with van der Waals surface area (Å²) in [6.45, 7) is 0.334. The molecule has 0 spiro atoms. The minimum Gasteiger partial charge on any atom is -0.479 e. The minimum absolute atomic E-state index is 0.104. The Bertz CT molecular complexity index is 874. The fourth-order valence-electron chi connectivity index (χ4n) is 2.74. The zero-order valence-electron chi connectivity index (χ0n) is 12.9. The molecule has 1 unspecified atom stereocenters. The Balaban J connectivity index is 2.00. The molecule has 0 radical (unpaired) electrons. The van der Waals surface area contributed by atoms with Gasteiger partial charge in [0, 0.05) is 25.3 Å². The molecule has 0 aliphatic carbocycles. The Hall–Kier alpha value is -2.71. The average Bonchev–Trinajstić information content (AvgIpc) is 2.57. The lowest BCUT2D eigenvalue weighted by molar-refractivity contribution is -0.163. The number of carbonyl (C=O) groups is 2. The second-order valence-corrected chi connectivity index (χ2v) is 5.54. The van der Waals surface area contributed by atoms with Crippen molar-refractivity contribution in [1.82, 2.24) is 4.57 Å². The van der Waals surface area contributed by atoms with Crippen molar-refractivity contribution >= 4 is 28.5 Å². The van der Waals surface area contributed by atoms with Gasteiger partial charge in [-0.2, -0.15) is 0 Å². The fourth-order valence-corrected chi connectivity index (χ4v) is 2.74. The van der Waals surface area contributed by atoms with Crippen molar-refractivity contribution in [3.05, 3.63) is 40.7 Å². The normalized spacial score (nSPS) is 19.5. The molecule has 8 heteroatoms. The molecule has 1 saturated heterocycles. The highest BCUT2D eigenvalue weighted by atomic mass is 16.5. The van der Waals surface area contributed by atoms with Crippen LogP contribution in [0.1, 0.15) is 0 Å². The molecule has 0 bridgehead atoms. The van der Waals surface area contributed by atoms with Crippen LogP contribution in [0.2, 0.25) is 0 Å². The fraction of sp³-hybridized carbons (Fsp3) is 0.312. The number of aromatic nitrogens is 1. The molecule has 126 valence electrons. The summed E-state index contributed by atoms with van der Waals surface area (Å²) in [6.07, 6.45) is -3.38. The maximum Gasteiger partial charge on any atom is 0.335 e. The number of aliphatic carboxylic acids is 1. The van der Waals surface area contributed by atoms with Crippen molar-refractivity contribution in [2.75, 3.05) is 18.1 Å². The van der Waals surface area contributed by atoms with Gasteiger partial charge in [-0.25, -0.2) is 4.79 Å². The van der Waals surface area contributed by atoms with E-state index in [9.17, 15) is 19.5 Å². The number of carboxylic acid groups (broad SMARTS) is 1. The van der Waals surface area contributed by atoms with Crippen LogP contribution in [0.5, 0.6) is 0 Å². The lowest BCUT2D eigenvalue weighted by atomic mass is 10.1. The Morgan fingerprint density at radius 3 is 2.71 bits per heavy atom. The predicted octanol–water partition coefficient (Wildman–Crippen LogP) is -0.284. The second-order valence-electron chi connectivity index (χ2n) is 5.54. The molecule has 3 rings (SSSR count). The summed E-state index contributed by atoms with van der Waals surface area (Å²) in [7, 11) is 1.63. The monoisotopic (exact) mass is 332 g/mol. The number of carboxylic acids is 1. The number of fused-ring (bicyclic) bond motifs is 1. The number of aliphatic hydroxyl groups is 1. The lowest BCUT2D eigenvalue weighted by Gasteiger charge is -2.33. The minimum atomic E-state index is -1.93. The van der Waals surface area contributed by atoms with E-state index in [4.69, 9.17) is 9.84 Å². The maximum absolute atomic E-state index is 12.5. The molecular formula is C16H16N2O6. The average molecular weight is 332 g/mol. The molecule has 2 atom stereocenters. The van der Waals surface area contributed by atoms with Gasteiger partial charge in [-0.05, 0) is 23.6 Å². The molecule has 8 nitrogen and oxygen atoms in total. The van der Waals surface area contributed by atoms with Crippen LogP contribution in [-0.4, -0.2) is 52.0 Å². The molecular weight excluding hydrogens is 316 g/mol. The van der Waals surface area contributed by atoms with Crippen molar-refractivity contribution in [1.29, 1.82) is 0 Å². The smallest absolute Gasteiger partial charge is 0.335 e. The molecule has 1 aliphatic rings. The molecule has 24 heavy (non-hydrogen) atoms. The number of morpholine rings is 1. The van der Waals surface area contributed by atoms with Gasteiger partial charge in [-0.3, -0.25) is 9.59 Å². The molecule has 1 aliphatic heterocycles.